The molecule has 150 valence electrons. The van der Waals surface area contributed by atoms with Gasteiger partial charge in [-0.2, -0.15) is 0 Å². The largest absolute Gasteiger partial charge is 0.391 e. The van der Waals surface area contributed by atoms with Gasteiger partial charge in [-0.25, -0.2) is 4.98 Å². The second-order valence-electron chi connectivity index (χ2n) is 7.02. The molecule has 0 saturated carbocycles. The molecule has 1 unspecified atom stereocenters. The molecule has 1 aliphatic heterocycles. The van der Waals surface area contributed by atoms with Crippen molar-refractivity contribution in [3.63, 3.8) is 0 Å². The van der Waals surface area contributed by atoms with Gasteiger partial charge in [0.15, 0.2) is 5.16 Å². The van der Waals surface area contributed by atoms with E-state index >= 15 is 0 Å². The third-order valence-electron chi connectivity index (χ3n) is 4.78. The molecule has 7 nitrogen and oxygen atoms in total. The highest BCUT2D eigenvalue weighted by atomic mass is 32.2. The number of likely N-dealkylation sites (tertiary alicyclic amines) is 1. The number of imidazole rings is 1. The number of benzene rings is 2. The van der Waals surface area contributed by atoms with E-state index < -0.39 is 6.10 Å². The van der Waals surface area contributed by atoms with Crippen LogP contribution in [0.1, 0.15) is 23.2 Å². The lowest BCUT2D eigenvalue weighted by molar-refractivity contribution is -0.113. The van der Waals surface area contributed by atoms with Crippen LogP contribution in [0.25, 0.3) is 11.0 Å². The normalized spacial score (nSPS) is 16.7. The Morgan fingerprint density at radius 3 is 2.93 bits per heavy atom. The zero-order valence-corrected chi connectivity index (χ0v) is 16.6. The first-order valence-electron chi connectivity index (χ1n) is 9.53. The summed E-state index contributed by atoms with van der Waals surface area (Å²) in [6.07, 6.45) is 1.05. The number of hydrogen-bond donors (Lipinski definition) is 3. The Morgan fingerprint density at radius 1 is 1.24 bits per heavy atom. The molecule has 1 aromatic heterocycles. The minimum Gasteiger partial charge on any atom is -0.391 e. The number of fused-ring (bicyclic) bond motifs is 1. The van der Waals surface area contributed by atoms with Gasteiger partial charge in [-0.1, -0.05) is 30.0 Å². The van der Waals surface area contributed by atoms with Crippen molar-refractivity contribution in [3.05, 3.63) is 54.1 Å². The van der Waals surface area contributed by atoms with Gasteiger partial charge in [0.05, 0.1) is 22.9 Å². The monoisotopic (exact) mass is 410 g/mol. The van der Waals surface area contributed by atoms with E-state index in [1.54, 1.807) is 29.2 Å². The highest BCUT2D eigenvalue weighted by molar-refractivity contribution is 7.99. The third-order valence-corrected chi connectivity index (χ3v) is 5.66. The van der Waals surface area contributed by atoms with Crippen molar-refractivity contribution in [2.24, 2.45) is 0 Å². The zero-order valence-electron chi connectivity index (χ0n) is 15.8. The molecule has 8 heteroatoms. The van der Waals surface area contributed by atoms with Crippen molar-refractivity contribution in [3.8, 4) is 0 Å². The number of anilines is 1. The van der Waals surface area contributed by atoms with Gasteiger partial charge in [0.2, 0.25) is 5.91 Å². The van der Waals surface area contributed by atoms with E-state index in [4.69, 9.17) is 0 Å². The summed E-state index contributed by atoms with van der Waals surface area (Å²) in [5, 5.41) is 13.3. The lowest BCUT2D eigenvalue weighted by atomic mass is 10.1. The number of aromatic amines is 1. The summed E-state index contributed by atoms with van der Waals surface area (Å²) in [7, 11) is 0. The van der Waals surface area contributed by atoms with E-state index in [9.17, 15) is 14.7 Å². The molecule has 1 aliphatic rings. The molecule has 2 aromatic carbocycles. The van der Waals surface area contributed by atoms with Crippen LogP contribution in [-0.2, 0) is 4.79 Å². The number of β-amino-alcohol motifs (C(OH)–C–C–N with tert-alkyl or cyclic N) is 1. The maximum absolute atomic E-state index is 12.7. The number of carbonyl (C=O) groups excluding carboxylic acids is 2. The van der Waals surface area contributed by atoms with Crippen LogP contribution in [0.3, 0.4) is 0 Å². The first-order chi connectivity index (χ1) is 14.1. The maximum Gasteiger partial charge on any atom is 0.254 e. The Kier molecular flexibility index (Phi) is 5.82. The van der Waals surface area contributed by atoms with E-state index in [1.807, 2.05) is 24.3 Å². The minimum absolute atomic E-state index is 0.128. The summed E-state index contributed by atoms with van der Waals surface area (Å²) in [5.41, 5.74) is 2.87. The summed E-state index contributed by atoms with van der Waals surface area (Å²) in [6, 6.07) is 14.6. The van der Waals surface area contributed by atoms with Crippen molar-refractivity contribution in [2.45, 2.75) is 24.1 Å². The molecule has 0 radical (unpaired) electrons. The van der Waals surface area contributed by atoms with Crippen LogP contribution in [0.5, 0.6) is 0 Å². The number of nitrogens with zero attached hydrogens (tertiary/aromatic N) is 2. The number of nitrogens with one attached hydrogen (secondary N) is 2. The van der Waals surface area contributed by atoms with Crippen LogP contribution in [-0.4, -0.2) is 56.7 Å². The molecule has 4 rings (SSSR count). The van der Waals surface area contributed by atoms with Gasteiger partial charge >= 0.3 is 0 Å². The highest BCUT2D eigenvalue weighted by Crippen LogP contribution is 2.20. The van der Waals surface area contributed by atoms with Crippen LogP contribution < -0.4 is 5.32 Å². The molecule has 3 aromatic rings. The molecular weight excluding hydrogens is 388 g/mol. The average molecular weight is 410 g/mol. The van der Waals surface area contributed by atoms with Crippen LogP contribution in [0.4, 0.5) is 5.69 Å². The Hall–Kier alpha value is -2.84. The fraction of sp³-hybridized carbons (Fsp3) is 0.286. The van der Waals surface area contributed by atoms with Crippen molar-refractivity contribution in [1.29, 1.82) is 0 Å². The minimum atomic E-state index is -0.467. The Balaban J connectivity index is 1.35. The molecule has 2 amide bonds. The fourth-order valence-electron chi connectivity index (χ4n) is 3.38. The summed E-state index contributed by atoms with van der Waals surface area (Å²) < 4.78 is 0. The van der Waals surface area contributed by atoms with Crippen molar-refractivity contribution in [2.75, 3.05) is 24.2 Å². The Morgan fingerprint density at radius 2 is 2.10 bits per heavy atom. The number of piperidine rings is 1. The number of thioether (sulfide) groups is 1. The maximum atomic E-state index is 12.7. The molecule has 0 bridgehead atoms. The van der Waals surface area contributed by atoms with Crippen molar-refractivity contribution >= 4 is 40.3 Å². The Bertz CT molecular complexity index is 1000. The summed E-state index contributed by atoms with van der Waals surface area (Å²) >= 11 is 1.33. The first-order valence-corrected chi connectivity index (χ1v) is 10.5. The van der Waals surface area contributed by atoms with Gasteiger partial charge in [-0.3, -0.25) is 9.59 Å². The van der Waals surface area contributed by atoms with Gasteiger partial charge in [0.1, 0.15) is 0 Å². The zero-order chi connectivity index (χ0) is 20.2. The topological polar surface area (TPSA) is 98.3 Å². The molecule has 2 heterocycles. The summed E-state index contributed by atoms with van der Waals surface area (Å²) in [4.78, 5) is 34.3. The molecular formula is C21H22N4O3S. The first kappa shape index (κ1) is 19.5. The van der Waals surface area contributed by atoms with Crippen LogP contribution in [0.15, 0.2) is 53.7 Å². The SMILES string of the molecule is O=C(CSc1nc2ccccc2[nH]1)Nc1cccc(C(=O)N2CCCC(O)C2)c1. The van der Waals surface area contributed by atoms with Gasteiger partial charge in [-0.05, 0) is 43.2 Å². The van der Waals surface area contributed by atoms with E-state index in [0.29, 0.717) is 29.5 Å². The molecule has 1 fully saturated rings. The number of hydrogen-bond acceptors (Lipinski definition) is 5. The van der Waals surface area contributed by atoms with Crippen LogP contribution in [0, 0.1) is 0 Å². The molecule has 3 N–H and O–H groups in total. The smallest absolute Gasteiger partial charge is 0.254 e. The molecule has 29 heavy (non-hydrogen) atoms. The molecule has 1 saturated heterocycles. The molecule has 0 aliphatic carbocycles. The number of H-pyrrole nitrogens is 1. The van der Waals surface area contributed by atoms with E-state index in [-0.39, 0.29) is 17.6 Å². The quantitative estimate of drug-likeness (QED) is 0.562. The van der Waals surface area contributed by atoms with Gasteiger partial charge < -0.3 is 20.3 Å². The average Bonchev–Trinajstić information content (AvgIpc) is 3.15. The number of para-hydroxylation sites is 2. The lowest BCUT2D eigenvalue weighted by Crippen LogP contribution is -2.42. The van der Waals surface area contributed by atoms with Gasteiger partial charge in [-0.15, -0.1) is 0 Å². The Labute approximate surface area is 172 Å². The van der Waals surface area contributed by atoms with Crippen LogP contribution >= 0.6 is 11.8 Å². The number of carbonyl (C=O) groups is 2. The third kappa shape index (κ3) is 4.78. The lowest BCUT2D eigenvalue weighted by Gasteiger charge is -2.30. The summed E-state index contributed by atoms with van der Waals surface area (Å²) in [5.74, 6) is -0.0963. The van der Waals surface area contributed by atoms with Gasteiger partial charge in [0, 0.05) is 24.3 Å². The van der Waals surface area contributed by atoms with E-state index in [2.05, 4.69) is 15.3 Å². The van der Waals surface area contributed by atoms with E-state index in [1.165, 1.54) is 11.8 Å². The number of aliphatic hydroxyl groups excluding tert-OH is 1. The number of aliphatic hydroxyl groups is 1. The second-order valence-corrected chi connectivity index (χ2v) is 7.99. The van der Waals surface area contributed by atoms with E-state index in [0.717, 1.165) is 23.9 Å². The number of aromatic nitrogens is 2. The molecule has 1 atom stereocenters. The van der Waals surface area contributed by atoms with Gasteiger partial charge in [0.25, 0.3) is 5.91 Å². The summed E-state index contributed by atoms with van der Waals surface area (Å²) in [6.45, 7) is 0.990. The highest BCUT2D eigenvalue weighted by Gasteiger charge is 2.23. The predicted octanol–water partition coefficient (Wildman–Crippen LogP) is 2.89. The fourth-order valence-corrected chi connectivity index (χ4v) is 4.07. The standard InChI is InChI=1S/C21H22N4O3S/c26-16-7-4-10-25(12-16)20(28)14-5-3-6-15(11-14)22-19(27)13-29-21-23-17-8-1-2-9-18(17)24-21/h1-3,5-6,8-9,11,16,26H,4,7,10,12-13H2,(H,22,27)(H,23,24). The number of amides is 2. The van der Waals surface area contributed by atoms with Crippen molar-refractivity contribution < 1.29 is 14.7 Å². The van der Waals surface area contributed by atoms with Crippen molar-refractivity contribution in [1.82, 2.24) is 14.9 Å². The number of rotatable bonds is 5. The van der Waals surface area contributed by atoms with Crippen LogP contribution in [0.2, 0.25) is 0 Å². The molecule has 0 spiro atoms. The predicted molar refractivity (Wildman–Crippen MR) is 113 cm³/mol. The second kappa shape index (κ2) is 8.67.